The quantitative estimate of drug-likeness (QED) is 0.527. The SMILES string of the molecule is O=[N+]([O-])c1cc(/C=N\Nc2ccc(F)cc2F)ccc1Cl. The Morgan fingerprint density at radius 2 is 2.00 bits per heavy atom. The molecule has 0 fully saturated rings. The molecule has 2 aromatic rings. The third-order valence-corrected chi connectivity index (χ3v) is 2.82. The summed E-state index contributed by atoms with van der Waals surface area (Å²) in [6, 6.07) is 7.08. The second-order valence-corrected chi connectivity index (χ2v) is 4.37. The number of hydrogen-bond donors (Lipinski definition) is 1. The van der Waals surface area contributed by atoms with Gasteiger partial charge in [0.05, 0.1) is 16.8 Å². The minimum Gasteiger partial charge on any atom is -0.276 e. The molecule has 0 radical (unpaired) electrons. The molecule has 0 heterocycles. The monoisotopic (exact) mass is 311 g/mol. The molecule has 21 heavy (non-hydrogen) atoms. The molecule has 0 spiro atoms. The summed E-state index contributed by atoms with van der Waals surface area (Å²) in [4.78, 5) is 10.1. The average molecular weight is 312 g/mol. The van der Waals surface area contributed by atoms with Crippen LogP contribution >= 0.6 is 11.6 Å². The molecule has 5 nitrogen and oxygen atoms in total. The summed E-state index contributed by atoms with van der Waals surface area (Å²) in [6.07, 6.45) is 1.26. The molecule has 108 valence electrons. The van der Waals surface area contributed by atoms with Gasteiger partial charge in [0, 0.05) is 17.7 Å². The summed E-state index contributed by atoms with van der Waals surface area (Å²) in [7, 11) is 0. The largest absolute Gasteiger partial charge is 0.288 e. The average Bonchev–Trinajstić information content (AvgIpc) is 2.42. The number of benzene rings is 2. The highest BCUT2D eigenvalue weighted by Crippen LogP contribution is 2.24. The van der Waals surface area contributed by atoms with Gasteiger partial charge < -0.3 is 0 Å². The van der Waals surface area contributed by atoms with E-state index in [1.54, 1.807) is 0 Å². The number of hydrazone groups is 1. The molecule has 0 saturated heterocycles. The fraction of sp³-hybridized carbons (Fsp3) is 0. The van der Waals surface area contributed by atoms with Crippen LogP contribution in [0.1, 0.15) is 5.56 Å². The van der Waals surface area contributed by atoms with Gasteiger partial charge in [-0.05, 0) is 18.2 Å². The first-order chi connectivity index (χ1) is 9.97. The number of nitrogens with zero attached hydrogens (tertiary/aromatic N) is 2. The number of halogens is 3. The molecule has 0 aliphatic rings. The zero-order valence-corrected chi connectivity index (χ0v) is 11.1. The summed E-state index contributed by atoms with van der Waals surface area (Å²) in [6.45, 7) is 0. The van der Waals surface area contributed by atoms with Crippen LogP contribution in [0, 0.1) is 21.7 Å². The van der Waals surface area contributed by atoms with Gasteiger partial charge in [0.1, 0.15) is 10.8 Å². The number of nitrogens with one attached hydrogen (secondary N) is 1. The maximum atomic E-state index is 13.3. The lowest BCUT2D eigenvalue weighted by Crippen LogP contribution is -1.95. The third-order valence-electron chi connectivity index (χ3n) is 2.50. The van der Waals surface area contributed by atoms with Crippen molar-refractivity contribution >= 4 is 29.2 Å². The van der Waals surface area contributed by atoms with Crippen molar-refractivity contribution in [1.82, 2.24) is 0 Å². The van der Waals surface area contributed by atoms with Gasteiger partial charge in [-0.25, -0.2) is 8.78 Å². The van der Waals surface area contributed by atoms with Gasteiger partial charge in [-0.15, -0.1) is 0 Å². The smallest absolute Gasteiger partial charge is 0.276 e. The van der Waals surface area contributed by atoms with Crippen LogP contribution in [0.4, 0.5) is 20.2 Å². The Balaban J connectivity index is 2.14. The molecule has 2 aromatic carbocycles. The zero-order valence-electron chi connectivity index (χ0n) is 10.4. The van der Waals surface area contributed by atoms with Crippen molar-refractivity contribution in [2.75, 3.05) is 5.43 Å². The van der Waals surface area contributed by atoms with Crippen LogP contribution in [-0.2, 0) is 0 Å². The zero-order chi connectivity index (χ0) is 15.4. The van der Waals surface area contributed by atoms with Crippen LogP contribution in [0.25, 0.3) is 0 Å². The van der Waals surface area contributed by atoms with Crippen molar-refractivity contribution in [3.8, 4) is 0 Å². The molecule has 0 aromatic heterocycles. The summed E-state index contributed by atoms with van der Waals surface area (Å²) in [5.41, 5.74) is 2.51. The lowest BCUT2D eigenvalue weighted by molar-refractivity contribution is -0.384. The highest BCUT2D eigenvalue weighted by atomic mass is 35.5. The van der Waals surface area contributed by atoms with E-state index in [9.17, 15) is 18.9 Å². The van der Waals surface area contributed by atoms with Gasteiger partial charge in [0.15, 0.2) is 5.82 Å². The first-order valence-corrected chi connectivity index (χ1v) is 6.03. The number of nitro groups is 1. The van der Waals surface area contributed by atoms with Crippen molar-refractivity contribution in [3.63, 3.8) is 0 Å². The standard InChI is InChI=1S/C13H8ClF2N3O2/c14-10-3-1-8(5-13(10)19(20)21)7-17-18-12-4-2-9(15)6-11(12)16/h1-7,18H/b17-7-. The minimum atomic E-state index is -0.797. The molecule has 0 saturated carbocycles. The highest BCUT2D eigenvalue weighted by Gasteiger charge is 2.11. The van der Waals surface area contributed by atoms with Crippen LogP contribution in [0.3, 0.4) is 0 Å². The van der Waals surface area contributed by atoms with E-state index in [-0.39, 0.29) is 16.4 Å². The van der Waals surface area contributed by atoms with Gasteiger partial charge in [-0.1, -0.05) is 17.7 Å². The molecule has 2 rings (SSSR count). The molecule has 1 N–H and O–H groups in total. The van der Waals surface area contributed by atoms with E-state index >= 15 is 0 Å². The van der Waals surface area contributed by atoms with E-state index in [0.29, 0.717) is 11.6 Å². The normalized spacial score (nSPS) is 10.8. The maximum absolute atomic E-state index is 13.3. The molecular weight excluding hydrogens is 304 g/mol. The van der Waals surface area contributed by atoms with E-state index in [4.69, 9.17) is 11.6 Å². The summed E-state index contributed by atoms with van der Waals surface area (Å²) in [5, 5.41) is 14.5. The molecule has 0 amide bonds. The Hall–Kier alpha value is -2.54. The predicted octanol–water partition coefficient (Wildman–Crippen LogP) is 3.97. The highest BCUT2D eigenvalue weighted by molar-refractivity contribution is 6.32. The molecule has 8 heteroatoms. The fourth-order valence-electron chi connectivity index (χ4n) is 1.51. The number of nitro benzene ring substituents is 1. The Bertz CT molecular complexity index is 723. The van der Waals surface area contributed by atoms with Crippen molar-refractivity contribution in [3.05, 3.63) is 68.7 Å². The topological polar surface area (TPSA) is 67.5 Å². The van der Waals surface area contributed by atoms with Crippen LogP contribution < -0.4 is 5.43 Å². The Morgan fingerprint density at radius 1 is 1.24 bits per heavy atom. The lowest BCUT2D eigenvalue weighted by atomic mass is 10.2. The van der Waals surface area contributed by atoms with Gasteiger partial charge in [0.25, 0.3) is 5.69 Å². The first-order valence-electron chi connectivity index (χ1n) is 5.65. The van der Waals surface area contributed by atoms with Crippen LogP contribution in [0.5, 0.6) is 0 Å². The van der Waals surface area contributed by atoms with Crippen molar-refractivity contribution < 1.29 is 13.7 Å². The molecule has 0 bridgehead atoms. The summed E-state index contributed by atoms with van der Waals surface area (Å²) < 4.78 is 26.0. The molecule has 0 aliphatic carbocycles. The minimum absolute atomic E-state index is 0.00897. The third kappa shape index (κ3) is 3.73. The van der Waals surface area contributed by atoms with Crippen LogP contribution in [0.15, 0.2) is 41.5 Å². The summed E-state index contributed by atoms with van der Waals surface area (Å²) >= 11 is 5.67. The maximum Gasteiger partial charge on any atom is 0.288 e. The molecule has 0 atom stereocenters. The lowest BCUT2D eigenvalue weighted by Gasteiger charge is -2.02. The predicted molar refractivity (Wildman–Crippen MR) is 75.7 cm³/mol. The van der Waals surface area contributed by atoms with E-state index in [1.165, 1.54) is 30.5 Å². The second-order valence-electron chi connectivity index (χ2n) is 3.96. The molecule has 0 unspecified atom stereocenters. The van der Waals surface area contributed by atoms with Gasteiger partial charge in [0.2, 0.25) is 0 Å². The Labute approximate surface area is 123 Å². The number of hydrogen-bond acceptors (Lipinski definition) is 4. The van der Waals surface area contributed by atoms with Crippen molar-refractivity contribution in [2.45, 2.75) is 0 Å². The van der Waals surface area contributed by atoms with Crippen LogP contribution in [-0.4, -0.2) is 11.1 Å². The van der Waals surface area contributed by atoms with E-state index in [0.717, 1.165) is 6.07 Å². The Morgan fingerprint density at radius 3 is 2.67 bits per heavy atom. The fourth-order valence-corrected chi connectivity index (χ4v) is 1.69. The first kappa shape index (κ1) is 14.9. The van der Waals surface area contributed by atoms with Crippen molar-refractivity contribution in [1.29, 1.82) is 0 Å². The van der Waals surface area contributed by atoms with Crippen molar-refractivity contribution in [2.24, 2.45) is 5.10 Å². The number of anilines is 1. The van der Waals surface area contributed by atoms with E-state index < -0.39 is 16.6 Å². The Kier molecular flexibility index (Phi) is 4.44. The number of rotatable bonds is 4. The summed E-state index contributed by atoms with van der Waals surface area (Å²) in [5.74, 6) is -1.50. The van der Waals surface area contributed by atoms with E-state index in [2.05, 4.69) is 10.5 Å². The van der Waals surface area contributed by atoms with Gasteiger partial charge >= 0.3 is 0 Å². The van der Waals surface area contributed by atoms with Gasteiger partial charge in [-0.3, -0.25) is 15.5 Å². The van der Waals surface area contributed by atoms with Crippen LogP contribution in [0.2, 0.25) is 5.02 Å². The van der Waals surface area contributed by atoms with Gasteiger partial charge in [-0.2, -0.15) is 5.10 Å². The molecule has 0 aliphatic heterocycles. The van der Waals surface area contributed by atoms with E-state index in [1.807, 2.05) is 0 Å². The second kappa shape index (κ2) is 6.27. The molecular formula is C13H8ClF2N3O2.